The SMILES string of the molecule is COc1cc(F)c(C(OC)C(=O)NCc2ccc(C(=N)N)cc2OCC(N)=O)c(F)c1. The molecule has 0 aliphatic heterocycles. The number of carbonyl (C=O) groups excluding carboxylic acids is 2. The van der Waals surface area contributed by atoms with Crippen LogP contribution in [0.5, 0.6) is 11.5 Å². The molecule has 1 unspecified atom stereocenters. The van der Waals surface area contributed by atoms with Crippen LogP contribution in [0.1, 0.15) is 22.8 Å². The normalized spacial score (nSPS) is 11.5. The lowest BCUT2D eigenvalue weighted by atomic mass is 10.1. The smallest absolute Gasteiger partial charge is 0.255 e. The Morgan fingerprint density at radius 3 is 2.29 bits per heavy atom. The van der Waals surface area contributed by atoms with Crippen molar-refractivity contribution < 1.29 is 32.6 Å². The van der Waals surface area contributed by atoms with E-state index in [4.69, 9.17) is 31.1 Å². The molecule has 2 rings (SSSR count). The van der Waals surface area contributed by atoms with Gasteiger partial charge in [0.15, 0.2) is 12.7 Å². The summed E-state index contributed by atoms with van der Waals surface area (Å²) in [5.41, 5.74) is 10.7. The molecule has 2 aromatic carbocycles. The van der Waals surface area contributed by atoms with Crippen molar-refractivity contribution >= 4 is 17.6 Å². The fourth-order valence-corrected chi connectivity index (χ4v) is 2.71. The molecule has 0 fully saturated rings. The van der Waals surface area contributed by atoms with Crippen LogP contribution in [0, 0.1) is 17.0 Å². The molecule has 166 valence electrons. The van der Waals surface area contributed by atoms with Gasteiger partial charge in [-0.15, -0.1) is 0 Å². The zero-order valence-electron chi connectivity index (χ0n) is 16.8. The van der Waals surface area contributed by atoms with Gasteiger partial charge in [-0.3, -0.25) is 15.0 Å². The molecule has 1 atom stereocenters. The maximum Gasteiger partial charge on any atom is 0.255 e. The largest absolute Gasteiger partial charge is 0.497 e. The molecule has 9 nitrogen and oxygen atoms in total. The summed E-state index contributed by atoms with van der Waals surface area (Å²) in [5, 5.41) is 10.00. The lowest BCUT2D eigenvalue weighted by Crippen LogP contribution is -2.31. The Morgan fingerprint density at radius 1 is 1.13 bits per heavy atom. The average Bonchev–Trinajstić information content (AvgIpc) is 2.72. The molecular weight excluding hydrogens is 414 g/mol. The number of amidine groups is 1. The van der Waals surface area contributed by atoms with Crippen molar-refractivity contribution in [3.63, 3.8) is 0 Å². The Labute approximate surface area is 176 Å². The molecule has 0 aliphatic carbocycles. The van der Waals surface area contributed by atoms with E-state index in [-0.39, 0.29) is 23.9 Å². The molecule has 0 aromatic heterocycles. The monoisotopic (exact) mass is 436 g/mol. The van der Waals surface area contributed by atoms with Gasteiger partial charge in [-0.25, -0.2) is 8.78 Å². The van der Waals surface area contributed by atoms with Gasteiger partial charge >= 0.3 is 0 Å². The molecule has 0 radical (unpaired) electrons. The molecule has 0 saturated carbocycles. The van der Waals surface area contributed by atoms with E-state index in [9.17, 15) is 18.4 Å². The Bertz CT molecular complexity index is 977. The summed E-state index contributed by atoms with van der Waals surface area (Å²) in [4.78, 5) is 23.6. The minimum atomic E-state index is -1.57. The van der Waals surface area contributed by atoms with Gasteiger partial charge in [-0.1, -0.05) is 12.1 Å². The van der Waals surface area contributed by atoms with Crippen molar-refractivity contribution in [3.8, 4) is 11.5 Å². The Balaban J connectivity index is 2.24. The third kappa shape index (κ3) is 5.89. The van der Waals surface area contributed by atoms with Crippen molar-refractivity contribution in [3.05, 3.63) is 58.7 Å². The summed E-state index contributed by atoms with van der Waals surface area (Å²) in [7, 11) is 2.39. The van der Waals surface area contributed by atoms with Crippen LogP contribution < -0.4 is 26.3 Å². The van der Waals surface area contributed by atoms with E-state index in [0.717, 1.165) is 19.2 Å². The lowest BCUT2D eigenvalue weighted by molar-refractivity contribution is -0.132. The second kappa shape index (κ2) is 10.3. The van der Waals surface area contributed by atoms with Gasteiger partial charge < -0.3 is 31.0 Å². The van der Waals surface area contributed by atoms with Crippen molar-refractivity contribution in [1.82, 2.24) is 5.32 Å². The molecule has 2 aromatic rings. The maximum absolute atomic E-state index is 14.3. The number of primary amides is 1. The number of rotatable bonds is 10. The average molecular weight is 436 g/mol. The number of hydrogen-bond donors (Lipinski definition) is 4. The molecule has 0 spiro atoms. The van der Waals surface area contributed by atoms with Gasteiger partial charge in [0.1, 0.15) is 29.0 Å². The molecule has 0 aliphatic rings. The van der Waals surface area contributed by atoms with Gasteiger partial charge in [0.25, 0.3) is 11.8 Å². The van der Waals surface area contributed by atoms with Crippen LogP contribution in [-0.4, -0.2) is 38.5 Å². The van der Waals surface area contributed by atoms with Gasteiger partial charge in [0.05, 0.1) is 12.7 Å². The summed E-state index contributed by atoms with van der Waals surface area (Å²) in [6, 6.07) is 6.31. The Kier molecular flexibility index (Phi) is 7.86. The molecule has 31 heavy (non-hydrogen) atoms. The van der Waals surface area contributed by atoms with Crippen LogP contribution in [0.2, 0.25) is 0 Å². The zero-order valence-corrected chi connectivity index (χ0v) is 16.8. The first-order valence-electron chi connectivity index (χ1n) is 8.89. The van der Waals surface area contributed by atoms with E-state index in [1.165, 1.54) is 25.3 Å². The summed E-state index contributed by atoms with van der Waals surface area (Å²) in [5.74, 6) is -3.68. The van der Waals surface area contributed by atoms with Crippen LogP contribution in [0.3, 0.4) is 0 Å². The predicted octanol–water partition coefficient (Wildman–Crippen LogP) is 1.13. The van der Waals surface area contributed by atoms with Gasteiger partial charge in [-0.05, 0) is 6.07 Å². The number of ether oxygens (including phenoxy) is 3. The number of benzene rings is 2. The molecule has 0 heterocycles. The summed E-state index contributed by atoms with van der Waals surface area (Å²) < 4.78 is 43.8. The second-order valence-electron chi connectivity index (χ2n) is 6.33. The van der Waals surface area contributed by atoms with Crippen LogP contribution in [-0.2, 0) is 20.9 Å². The Morgan fingerprint density at radius 2 is 1.77 bits per heavy atom. The zero-order chi connectivity index (χ0) is 23.1. The van der Waals surface area contributed by atoms with Crippen LogP contribution >= 0.6 is 0 Å². The minimum absolute atomic E-state index is 0.0455. The van der Waals surface area contributed by atoms with Crippen molar-refractivity contribution in [2.75, 3.05) is 20.8 Å². The molecule has 6 N–H and O–H groups in total. The van der Waals surface area contributed by atoms with E-state index in [2.05, 4.69) is 5.32 Å². The molecule has 0 bridgehead atoms. The summed E-state index contributed by atoms with van der Waals surface area (Å²) in [6.45, 7) is -0.574. The number of hydrogen-bond acceptors (Lipinski definition) is 6. The third-order valence-corrected chi connectivity index (χ3v) is 4.23. The highest BCUT2D eigenvalue weighted by molar-refractivity contribution is 5.95. The first kappa shape index (κ1) is 23.5. The topological polar surface area (TPSA) is 150 Å². The standard InChI is InChI=1S/C20H22F2N4O5/c1-29-12-6-13(21)17(14(22)7-12)18(30-2)20(28)26-8-11-4-3-10(19(24)25)5-15(11)31-9-16(23)27/h3-7,18H,8-9H2,1-2H3,(H2,23,27)(H3,24,25)(H,26,28). The van der Waals surface area contributed by atoms with Gasteiger partial charge in [0, 0.05) is 36.9 Å². The van der Waals surface area contributed by atoms with Crippen molar-refractivity contribution in [2.24, 2.45) is 11.5 Å². The van der Waals surface area contributed by atoms with E-state index in [1.807, 2.05) is 0 Å². The van der Waals surface area contributed by atoms with Crippen molar-refractivity contribution in [1.29, 1.82) is 5.41 Å². The highest BCUT2D eigenvalue weighted by atomic mass is 19.1. The maximum atomic E-state index is 14.3. The molecular formula is C20H22F2N4O5. The fraction of sp³-hybridized carbons (Fsp3) is 0.250. The second-order valence-corrected chi connectivity index (χ2v) is 6.33. The first-order chi connectivity index (χ1) is 14.7. The number of methoxy groups -OCH3 is 2. The lowest BCUT2D eigenvalue weighted by Gasteiger charge is -2.18. The molecule has 11 heteroatoms. The van der Waals surface area contributed by atoms with Gasteiger partial charge in [-0.2, -0.15) is 0 Å². The quantitative estimate of drug-likeness (QED) is 0.324. The third-order valence-electron chi connectivity index (χ3n) is 4.23. The predicted molar refractivity (Wildman–Crippen MR) is 107 cm³/mol. The molecule has 0 saturated heterocycles. The number of nitrogens with one attached hydrogen (secondary N) is 2. The highest BCUT2D eigenvalue weighted by Gasteiger charge is 2.28. The number of carbonyl (C=O) groups is 2. The van der Waals surface area contributed by atoms with Crippen LogP contribution in [0.25, 0.3) is 0 Å². The van der Waals surface area contributed by atoms with E-state index in [1.54, 1.807) is 0 Å². The minimum Gasteiger partial charge on any atom is -0.497 e. The van der Waals surface area contributed by atoms with Crippen LogP contribution in [0.15, 0.2) is 30.3 Å². The van der Waals surface area contributed by atoms with E-state index in [0.29, 0.717) is 11.1 Å². The molecule has 2 amide bonds. The van der Waals surface area contributed by atoms with Gasteiger partial charge in [0.2, 0.25) is 0 Å². The fourth-order valence-electron chi connectivity index (χ4n) is 2.71. The van der Waals surface area contributed by atoms with E-state index < -0.39 is 41.7 Å². The number of amides is 2. The van der Waals surface area contributed by atoms with Crippen LogP contribution in [0.4, 0.5) is 8.78 Å². The number of nitrogen functional groups attached to an aromatic ring is 1. The van der Waals surface area contributed by atoms with Crippen molar-refractivity contribution in [2.45, 2.75) is 12.6 Å². The summed E-state index contributed by atoms with van der Waals surface area (Å²) in [6.07, 6.45) is -1.57. The summed E-state index contributed by atoms with van der Waals surface area (Å²) >= 11 is 0. The number of nitrogens with two attached hydrogens (primary N) is 2. The number of halogens is 2. The Hall–Kier alpha value is -3.73. The van der Waals surface area contributed by atoms with E-state index >= 15 is 0 Å². The highest BCUT2D eigenvalue weighted by Crippen LogP contribution is 2.28. The first-order valence-corrected chi connectivity index (χ1v) is 8.89.